The molecule has 9 aromatic rings. The molecule has 0 aliphatic carbocycles. The fourth-order valence-electron chi connectivity index (χ4n) is 7.25. The van der Waals surface area contributed by atoms with E-state index >= 15 is 0 Å². The van der Waals surface area contributed by atoms with Gasteiger partial charge in [0.2, 0.25) is 0 Å². The molecular weight excluding hydrogens is 605 g/mol. The maximum Gasteiger partial charge on any atom is 0.0561 e. The van der Waals surface area contributed by atoms with Crippen LogP contribution in [0.25, 0.3) is 60.9 Å². The quantitative estimate of drug-likeness (QED) is 0.169. The number of fused-ring (bicyclic) bond motifs is 3. The van der Waals surface area contributed by atoms with E-state index < -0.39 is 0 Å². The van der Waals surface area contributed by atoms with Crippen LogP contribution in [0, 0.1) is 0 Å². The molecule has 8 aromatic carbocycles. The molecule has 0 radical (unpaired) electrons. The van der Waals surface area contributed by atoms with Gasteiger partial charge in [-0.3, -0.25) is 0 Å². The van der Waals surface area contributed by atoms with Crippen molar-refractivity contribution in [3.8, 4) is 39.1 Å². The first kappa shape index (κ1) is 29.5. The molecule has 0 bridgehead atoms. The topological polar surface area (TPSA) is 8.17 Å². The molecule has 2 heteroatoms. The van der Waals surface area contributed by atoms with Gasteiger partial charge >= 0.3 is 0 Å². The summed E-state index contributed by atoms with van der Waals surface area (Å²) in [6, 6.07) is 74.1. The number of para-hydroxylation sites is 2. The van der Waals surface area contributed by atoms with Gasteiger partial charge in [-0.15, -0.1) is 0 Å². The molecule has 236 valence electrons. The highest BCUT2D eigenvalue weighted by Crippen LogP contribution is 2.42. The van der Waals surface area contributed by atoms with Crippen LogP contribution in [-0.4, -0.2) is 4.57 Å². The average Bonchev–Trinajstić information content (AvgIpc) is 3.53. The van der Waals surface area contributed by atoms with E-state index in [0.29, 0.717) is 0 Å². The van der Waals surface area contributed by atoms with Crippen LogP contribution in [0.2, 0.25) is 0 Å². The van der Waals surface area contributed by atoms with Crippen LogP contribution in [0.1, 0.15) is 0 Å². The maximum absolute atomic E-state index is 2.39. The molecule has 50 heavy (non-hydrogen) atoms. The molecular formula is C48H34N2. The third-order valence-corrected chi connectivity index (χ3v) is 9.59. The monoisotopic (exact) mass is 638 g/mol. The van der Waals surface area contributed by atoms with Crippen LogP contribution in [-0.2, 0) is 0 Å². The summed E-state index contributed by atoms with van der Waals surface area (Å²) in [5, 5.41) is 2.48. The summed E-state index contributed by atoms with van der Waals surface area (Å²) in [5.74, 6) is 0. The van der Waals surface area contributed by atoms with Gasteiger partial charge in [0.15, 0.2) is 0 Å². The summed E-state index contributed by atoms with van der Waals surface area (Å²) < 4.78 is 2.39. The number of nitrogens with zero attached hydrogens (tertiary/aromatic N) is 2. The van der Waals surface area contributed by atoms with E-state index in [4.69, 9.17) is 0 Å². The predicted octanol–water partition coefficient (Wildman–Crippen LogP) is 13.3. The first-order chi connectivity index (χ1) is 24.8. The molecule has 0 aliphatic rings. The van der Waals surface area contributed by atoms with Crippen molar-refractivity contribution in [2.45, 2.75) is 0 Å². The van der Waals surface area contributed by atoms with Crippen LogP contribution in [0.5, 0.6) is 0 Å². The number of anilines is 3. The highest BCUT2D eigenvalue weighted by atomic mass is 15.1. The lowest BCUT2D eigenvalue weighted by molar-refractivity contribution is 1.18. The molecule has 0 unspecified atom stereocenters. The Labute approximate surface area is 292 Å². The Hall–Kier alpha value is -6.64. The predicted molar refractivity (Wildman–Crippen MR) is 212 cm³/mol. The summed E-state index contributed by atoms with van der Waals surface area (Å²) in [6.45, 7) is 0. The summed E-state index contributed by atoms with van der Waals surface area (Å²) in [6.07, 6.45) is 0. The van der Waals surface area contributed by atoms with E-state index in [0.717, 1.165) is 22.7 Å². The lowest BCUT2D eigenvalue weighted by atomic mass is 9.94. The first-order valence-electron chi connectivity index (χ1n) is 17.1. The van der Waals surface area contributed by atoms with Gasteiger partial charge < -0.3 is 9.47 Å². The number of rotatable bonds is 7. The standard InChI is InChI=1S/C48H34N2/c1-4-15-35(16-5-1)36-27-29-40(30-28-36)49(41-22-14-19-38(33-41)44-24-11-10-23-43(44)37-17-6-2-7-18-37)42-31-32-46-45-25-12-13-26-47(45)50(48(46)34-42)39-20-8-3-9-21-39/h1-34H. The molecule has 0 amide bonds. The molecule has 1 aromatic heterocycles. The number of aromatic nitrogens is 1. The molecule has 1 heterocycles. The van der Waals surface area contributed by atoms with E-state index in [1.807, 2.05) is 0 Å². The zero-order chi connectivity index (χ0) is 33.3. The second-order valence-corrected chi connectivity index (χ2v) is 12.6. The lowest BCUT2D eigenvalue weighted by Gasteiger charge is -2.27. The van der Waals surface area contributed by atoms with Gasteiger partial charge in [0.25, 0.3) is 0 Å². The van der Waals surface area contributed by atoms with Crippen molar-refractivity contribution in [2.24, 2.45) is 0 Å². The third kappa shape index (κ3) is 5.34. The smallest absolute Gasteiger partial charge is 0.0561 e. The zero-order valence-corrected chi connectivity index (χ0v) is 27.5. The molecule has 0 N–H and O–H groups in total. The van der Waals surface area contributed by atoms with Gasteiger partial charge in [0.1, 0.15) is 0 Å². The first-order valence-corrected chi connectivity index (χ1v) is 17.1. The van der Waals surface area contributed by atoms with E-state index in [1.54, 1.807) is 0 Å². The fraction of sp³-hybridized carbons (Fsp3) is 0. The van der Waals surface area contributed by atoms with E-state index in [1.165, 1.54) is 55.2 Å². The largest absolute Gasteiger partial charge is 0.310 e. The minimum atomic E-state index is 1.10. The Balaban J connectivity index is 1.24. The second kappa shape index (κ2) is 12.8. The lowest BCUT2D eigenvalue weighted by Crippen LogP contribution is -2.10. The Morgan fingerprint density at radius 3 is 1.56 bits per heavy atom. The number of hydrogen-bond acceptors (Lipinski definition) is 1. The van der Waals surface area contributed by atoms with Crippen molar-refractivity contribution >= 4 is 38.9 Å². The van der Waals surface area contributed by atoms with E-state index in [2.05, 4.69) is 216 Å². The van der Waals surface area contributed by atoms with Crippen molar-refractivity contribution in [3.63, 3.8) is 0 Å². The molecule has 0 saturated carbocycles. The zero-order valence-electron chi connectivity index (χ0n) is 27.5. The Morgan fingerprint density at radius 2 is 0.820 bits per heavy atom. The minimum Gasteiger partial charge on any atom is -0.310 e. The van der Waals surface area contributed by atoms with Gasteiger partial charge in [-0.2, -0.15) is 0 Å². The van der Waals surface area contributed by atoms with Crippen molar-refractivity contribution in [1.29, 1.82) is 0 Å². The fourth-order valence-corrected chi connectivity index (χ4v) is 7.25. The average molecular weight is 639 g/mol. The molecule has 0 atom stereocenters. The van der Waals surface area contributed by atoms with Crippen LogP contribution in [0.4, 0.5) is 17.1 Å². The number of benzene rings is 8. The minimum absolute atomic E-state index is 1.10. The highest BCUT2D eigenvalue weighted by Gasteiger charge is 2.18. The van der Waals surface area contributed by atoms with Crippen molar-refractivity contribution < 1.29 is 0 Å². The van der Waals surface area contributed by atoms with Crippen LogP contribution in [0.15, 0.2) is 206 Å². The van der Waals surface area contributed by atoms with Gasteiger partial charge in [0, 0.05) is 33.5 Å². The maximum atomic E-state index is 2.39. The molecule has 0 fully saturated rings. The van der Waals surface area contributed by atoms with E-state index in [-0.39, 0.29) is 0 Å². The molecule has 2 nitrogen and oxygen atoms in total. The van der Waals surface area contributed by atoms with Crippen LogP contribution in [0.3, 0.4) is 0 Å². The summed E-state index contributed by atoms with van der Waals surface area (Å²) in [7, 11) is 0. The highest BCUT2D eigenvalue weighted by molar-refractivity contribution is 6.10. The van der Waals surface area contributed by atoms with Gasteiger partial charge in [0.05, 0.1) is 11.0 Å². The Kier molecular flexibility index (Phi) is 7.53. The van der Waals surface area contributed by atoms with Gasteiger partial charge in [-0.25, -0.2) is 0 Å². The van der Waals surface area contributed by atoms with Crippen molar-refractivity contribution in [1.82, 2.24) is 4.57 Å². The van der Waals surface area contributed by atoms with Crippen molar-refractivity contribution in [3.05, 3.63) is 206 Å². The molecule has 0 spiro atoms. The van der Waals surface area contributed by atoms with Crippen LogP contribution >= 0.6 is 0 Å². The molecule has 9 rings (SSSR count). The SMILES string of the molecule is c1ccc(-c2ccc(N(c3cccc(-c4ccccc4-c4ccccc4)c3)c3ccc4c5ccccc5n(-c5ccccc5)c4c3)cc2)cc1. The summed E-state index contributed by atoms with van der Waals surface area (Å²) >= 11 is 0. The van der Waals surface area contributed by atoms with Gasteiger partial charge in [-0.1, -0.05) is 152 Å². The van der Waals surface area contributed by atoms with Crippen molar-refractivity contribution in [2.75, 3.05) is 4.90 Å². The Morgan fingerprint density at radius 1 is 0.300 bits per heavy atom. The molecule has 0 aliphatic heterocycles. The molecule has 0 saturated heterocycles. The normalized spacial score (nSPS) is 11.2. The Bertz CT molecular complexity index is 2570. The number of hydrogen-bond donors (Lipinski definition) is 0. The summed E-state index contributed by atoms with van der Waals surface area (Å²) in [4.78, 5) is 2.38. The second-order valence-electron chi connectivity index (χ2n) is 12.6. The van der Waals surface area contributed by atoms with Crippen LogP contribution < -0.4 is 4.90 Å². The van der Waals surface area contributed by atoms with Gasteiger partial charge in [-0.05, 0) is 88.0 Å². The summed E-state index contributed by atoms with van der Waals surface area (Å²) in [5.41, 5.74) is 14.0. The third-order valence-electron chi connectivity index (χ3n) is 9.59. The van der Waals surface area contributed by atoms with E-state index in [9.17, 15) is 0 Å².